The SMILES string of the molecule is CCCN(CC)c1ccc(CCc2ccc(CC(=O)NN)cc2)cc1.Cl.Cl. The summed E-state index contributed by atoms with van der Waals surface area (Å²) in [6.07, 6.45) is 3.50. The molecule has 3 N–H and O–H groups in total. The van der Waals surface area contributed by atoms with Crippen molar-refractivity contribution in [3.8, 4) is 0 Å². The molecule has 0 aliphatic rings. The standard InChI is InChI=1S/C21H29N3O.2ClH/c1-3-15-24(4-2)20-13-11-18(12-14-20)6-5-17-7-9-19(10-8-17)16-21(25)23-22;;/h7-14H,3-6,15-16,22H2,1-2H3,(H,23,25);2*1H. The first kappa shape index (κ1) is 25.2. The molecule has 2 aromatic rings. The third-order valence-corrected chi connectivity index (χ3v) is 4.43. The van der Waals surface area contributed by atoms with E-state index in [-0.39, 0.29) is 30.7 Å². The number of hydrogen-bond acceptors (Lipinski definition) is 3. The molecular formula is C21H31Cl2N3O. The number of anilines is 1. The van der Waals surface area contributed by atoms with Gasteiger partial charge in [0.1, 0.15) is 0 Å². The molecule has 0 spiro atoms. The number of nitrogens with two attached hydrogens (primary N) is 1. The number of hydrazine groups is 1. The molecule has 0 aromatic heterocycles. The van der Waals surface area contributed by atoms with Crippen LogP contribution in [0.3, 0.4) is 0 Å². The molecule has 1 amide bonds. The van der Waals surface area contributed by atoms with E-state index in [0.29, 0.717) is 6.42 Å². The fourth-order valence-corrected chi connectivity index (χ4v) is 2.96. The second-order valence-corrected chi connectivity index (χ2v) is 6.31. The Morgan fingerprint density at radius 1 is 0.889 bits per heavy atom. The van der Waals surface area contributed by atoms with Crippen molar-refractivity contribution in [2.24, 2.45) is 5.84 Å². The maximum atomic E-state index is 11.3. The largest absolute Gasteiger partial charge is 0.372 e. The van der Waals surface area contributed by atoms with Crippen molar-refractivity contribution in [2.75, 3.05) is 18.0 Å². The molecule has 0 aliphatic heterocycles. The zero-order valence-electron chi connectivity index (χ0n) is 16.1. The lowest BCUT2D eigenvalue weighted by molar-refractivity contribution is -0.120. The van der Waals surface area contributed by atoms with Crippen LogP contribution in [0.5, 0.6) is 0 Å². The fourth-order valence-electron chi connectivity index (χ4n) is 2.96. The first-order valence-electron chi connectivity index (χ1n) is 9.07. The van der Waals surface area contributed by atoms with Gasteiger partial charge in [0.2, 0.25) is 5.91 Å². The molecule has 6 heteroatoms. The van der Waals surface area contributed by atoms with Gasteiger partial charge in [-0.3, -0.25) is 10.2 Å². The first-order chi connectivity index (χ1) is 12.2. The highest BCUT2D eigenvalue weighted by Crippen LogP contribution is 2.17. The Bertz CT molecular complexity index is 660. The van der Waals surface area contributed by atoms with Gasteiger partial charge < -0.3 is 4.90 Å². The van der Waals surface area contributed by atoms with E-state index in [9.17, 15) is 4.79 Å². The summed E-state index contributed by atoms with van der Waals surface area (Å²) in [7, 11) is 0. The molecule has 150 valence electrons. The van der Waals surface area contributed by atoms with Crippen molar-refractivity contribution in [3.05, 3.63) is 65.2 Å². The fraction of sp³-hybridized carbons (Fsp3) is 0.381. The van der Waals surface area contributed by atoms with Crippen LogP contribution in [0.2, 0.25) is 0 Å². The van der Waals surface area contributed by atoms with Gasteiger partial charge in [-0.2, -0.15) is 0 Å². The van der Waals surface area contributed by atoms with Crippen LogP contribution in [0.15, 0.2) is 48.5 Å². The summed E-state index contributed by atoms with van der Waals surface area (Å²) < 4.78 is 0. The highest BCUT2D eigenvalue weighted by Gasteiger charge is 2.04. The van der Waals surface area contributed by atoms with Crippen LogP contribution in [0, 0.1) is 0 Å². The maximum Gasteiger partial charge on any atom is 0.238 e. The van der Waals surface area contributed by atoms with Crippen LogP contribution in [0.25, 0.3) is 0 Å². The molecule has 0 unspecified atom stereocenters. The van der Waals surface area contributed by atoms with E-state index in [1.54, 1.807) is 0 Å². The molecule has 0 saturated heterocycles. The minimum atomic E-state index is -0.169. The number of benzene rings is 2. The lowest BCUT2D eigenvalue weighted by Gasteiger charge is -2.22. The van der Waals surface area contributed by atoms with Crippen LogP contribution in [0.4, 0.5) is 5.69 Å². The average molecular weight is 412 g/mol. The first-order valence-corrected chi connectivity index (χ1v) is 9.07. The highest BCUT2D eigenvalue weighted by atomic mass is 35.5. The number of halogens is 2. The van der Waals surface area contributed by atoms with Crippen LogP contribution in [-0.4, -0.2) is 19.0 Å². The lowest BCUT2D eigenvalue weighted by Crippen LogP contribution is -2.31. The molecule has 4 nitrogen and oxygen atoms in total. The van der Waals surface area contributed by atoms with Gasteiger partial charge in [-0.05, 0) is 55.0 Å². The molecular weight excluding hydrogens is 381 g/mol. The highest BCUT2D eigenvalue weighted by molar-refractivity contribution is 5.85. The van der Waals surface area contributed by atoms with E-state index in [1.165, 1.54) is 23.2 Å². The second kappa shape index (κ2) is 13.4. The van der Waals surface area contributed by atoms with Gasteiger partial charge in [-0.15, -0.1) is 24.8 Å². The van der Waals surface area contributed by atoms with Gasteiger partial charge in [0.15, 0.2) is 0 Å². The number of nitrogens with zero attached hydrogens (tertiary/aromatic N) is 1. The third-order valence-electron chi connectivity index (χ3n) is 4.43. The number of carbonyl (C=O) groups is 1. The molecule has 0 aliphatic carbocycles. The van der Waals surface area contributed by atoms with Crippen LogP contribution in [-0.2, 0) is 24.1 Å². The summed E-state index contributed by atoms with van der Waals surface area (Å²) in [5.74, 6) is 4.94. The van der Waals surface area contributed by atoms with Gasteiger partial charge >= 0.3 is 0 Å². The normalized spacial score (nSPS) is 9.74. The van der Waals surface area contributed by atoms with E-state index in [1.807, 2.05) is 12.1 Å². The molecule has 2 rings (SSSR count). The Morgan fingerprint density at radius 3 is 1.81 bits per heavy atom. The van der Waals surface area contributed by atoms with Gasteiger partial charge in [0, 0.05) is 18.8 Å². The molecule has 2 aromatic carbocycles. The summed E-state index contributed by atoms with van der Waals surface area (Å²) in [6, 6.07) is 17.1. The van der Waals surface area contributed by atoms with Gasteiger partial charge in [0.05, 0.1) is 6.42 Å². The number of nitrogens with one attached hydrogen (secondary N) is 1. The minimum Gasteiger partial charge on any atom is -0.372 e. The summed E-state index contributed by atoms with van der Waals surface area (Å²) in [5, 5.41) is 0. The molecule has 0 saturated carbocycles. The Balaban J connectivity index is 0.00000338. The number of hydrogen-bond donors (Lipinski definition) is 2. The van der Waals surface area contributed by atoms with Crippen molar-refractivity contribution < 1.29 is 4.79 Å². The third kappa shape index (κ3) is 8.21. The molecule has 0 radical (unpaired) electrons. The number of aryl methyl sites for hydroxylation is 2. The van der Waals surface area contributed by atoms with Crippen molar-refractivity contribution in [1.29, 1.82) is 0 Å². The predicted octanol–water partition coefficient (Wildman–Crippen LogP) is 4.08. The quantitative estimate of drug-likeness (QED) is 0.371. The van der Waals surface area contributed by atoms with Gasteiger partial charge in [-0.1, -0.05) is 43.3 Å². The topological polar surface area (TPSA) is 58.4 Å². The second-order valence-electron chi connectivity index (χ2n) is 6.31. The molecule has 0 bridgehead atoms. The van der Waals surface area contributed by atoms with Crippen molar-refractivity contribution in [2.45, 2.75) is 39.5 Å². The number of amides is 1. The van der Waals surface area contributed by atoms with Crippen LogP contribution < -0.4 is 16.2 Å². The van der Waals surface area contributed by atoms with Crippen molar-refractivity contribution >= 4 is 36.4 Å². The minimum absolute atomic E-state index is 0. The van der Waals surface area contributed by atoms with Crippen molar-refractivity contribution in [3.63, 3.8) is 0 Å². The summed E-state index contributed by atoms with van der Waals surface area (Å²) in [4.78, 5) is 13.7. The molecule has 0 heterocycles. The Morgan fingerprint density at radius 2 is 1.37 bits per heavy atom. The van der Waals surface area contributed by atoms with E-state index in [2.05, 4.69) is 60.6 Å². The Hall–Kier alpha value is -1.75. The van der Waals surface area contributed by atoms with E-state index in [4.69, 9.17) is 5.84 Å². The lowest BCUT2D eigenvalue weighted by atomic mass is 10.0. The predicted molar refractivity (Wildman–Crippen MR) is 119 cm³/mol. The zero-order chi connectivity index (χ0) is 18.1. The molecule has 0 fully saturated rings. The van der Waals surface area contributed by atoms with Crippen LogP contribution >= 0.6 is 24.8 Å². The average Bonchev–Trinajstić information content (AvgIpc) is 2.66. The summed E-state index contributed by atoms with van der Waals surface area (Å²) >= 11 is 0. The summed E-state index contributed by atoms with van der Waals surface area (Å²) in [5.41, 5.74) is 7.07. The zero-order valence-corrected chi connectivity index (χ0v) is 17.7. The summed E-state index contributed by atoms with van der Waals surface area (Å²) in [6.45, 7) is 6.56. The Labute approximate surface area is 175 Å². The monoisotopic (exact) mass is 411 g/mol. The van der Waals surface area contributed by atoms with Gasteiger partial charge in [0.25, 0.3) is 0 Å². The van der Waals surface area contributed by atoms with E-state index < -0.39 is 0 Å². The van der Waals surface area contributed by atoms with Crippen LogP contribution in [0.1, 0.15) is 37.0 Å². The van der Waals surface area contributed by atoms with E-state index >= 15 is 0 Å². The smallest absolute Gasteiger partial charge is 0.238 e. The van der Waals surface area contributed by atoms with Gasteiger partial charge in [-0.25, -0.2) is 5.84 Å². The Kier molecular flexibility index (Phi) is 12.6. The number of rotatable bonds is 9. The molecule has 27 heavy (non-hydrogen) atoms. The van der Waals surface area contributed by atoms with Crippen molar-refractivity contribution in [1.82, 2.24) is 5.43 Å². The maximum absolute atomic E-state index is 11.3. The molecule has 0 atom stereocenters. The van der Waals surface area contributed by atoms with E-state index in [0.717, 1.165) is 31.5 Å². The number of carbonyl (C=O) groups excluding carboxylic acids is 1.